The van der Waals surface area contributed by atoms with E-state index in [1.165, 1.54) is 0 Å². The molecule has 0 unspecified atom stereocenters. The van der Waals surface area contributed by atoms with Crippen LogP contribution in [0, 0.1) is 0 Å². The largest absolute Gasteiger partial charge is 0.490 e. The van der Waals surface area contributed by atoms with Crippen LogP contribution in [0.2, 0.25) is 5.02 Å². The molecule has 0 aromatic heterocycles. The predicted octanol–water partition coefficient (Wildman–Crippen LogP) is 4.02. The zero-order valence-corrected chi connectivity index (χ0v) is 13.2. The van der Waals surface area contributed by atoms with E-state index in [2.05, 4.69) is 15.9 Å². The summed E-state index contributed by atoms with van der Waals surface area (Å²) in [7, 11) is 0. The Morgan fingerprint density at radius 3 is 2.55 bits per heavy atom. The predicted molar refractivity (Wildman–Crippen MR) is 84.5 cm³/mol. The molecule has 5 heteroatoms. The molecule has 0 spiro atoms. The van der Waals surface area contributed by atoms with Crippen LogP contribution in [0.5, 0.6) is 11.5 Å². The second-order valence-electron chi connectivity index (χ2n) is 4.07. The smallest absolute Gasteiger partial charge is 0.125 e. The van der Waals surface area contributed by atoms with E-state index < -0.39 is 0 Å². The van der Waals surface area contributed by atoms with Gasteiger partial charge in [-0.15, -0.1) is 0 Å². The average Bonchev–Trinajstić information content (AvgIpc) is 2.44. The Kier molecular flexibility index (Phi) is 5.71. The molecule has 0 bridgehead atoms. The van der Waals surface area contributed by atoms with Crippen LogP contribution in [0.15, 0.2) is 46.9 Å². The van der Waals surface area contributed by atoms with Crippen LogP contribution < -0.4 is 15.2 Å². The van der Waals surface area contributed by atoms with Crippen molar-refractivity contribution in [3.63, 3.8) is 0 Å². The summed E-state index contributed by atoms with van der Waals surface area (Å²) in [6.45, 7) is 1.23. The Hall–Kier alpha value is -1.23. The molecule has 0 saturated carbocycles. The number of nitrogens with two attached hydrogens (primary N) is 1. The van der Waals surface area contributed by atoms with E-state index in [-0.39, 0.29) is 0 Å². The van der Waals surface area contributed by atoms with Crippen molar-refractivity contribution in [1.82, 2.24) is 0 Å². The van der Waals surface area contributed by atoms with Crippen molar-refractivity contribution in [2.75, 3.05) is 13.2 Å². The Balaban J connectivity index is 1.86. The summed E-state index contributed by atoms with van der Waals surface area (Å²) in [4.78, 5) is 0. The fourth-order valence-electron chi connectivity index (χ4n) is 1.74. The SMILES string of the molecule is NCc1c(Cl)cccc1OCCOc1cccc(Br)c1. The third kappa shape index (κ3) is 4.13. The third-order valence-corrected chi connectivity index (χ3v) is 3.53. The summed E-state index contributed by atoms with van der Waals surface area (Å²) in [5.74, 6) is 1.51. The Morgan fingerprint density at radius 2 is 1.80 bits per heavy atom. The van der Waals surface area contributed by atoms with Gasteiger partial charge in [-0.05, 0) is 30.3 Å². The zero-order chi connectivity index (χ0) is 14.4. The highest BCUT2D eigenvalue weighted by Gasteiger charge is 2.06. The van der Waals surface area contributed by atoms with E-state index in [1.54, 1.807) is 6.07 Å². The van der Waals surface area contributed by atoms with Crippen LogP contribution in [0.1, 0.15) is 5.56 Å². The Bertz CT molecular complexity index is 578. The molecule has 2 N–H and O–H groups in total. The van der Waals surface area contributed by atoms with Gasteiger partial charge in [-0.2, -0.15) is 0 Å². The normalized spacial score (nSPS) is 10.3. The zero-order valence-electron chi connectivity index (χ0n) is 10.8. The molecule has 0 atom stereocenters. The monoisotopic (exact) mass is 355 g/mol. The van der Waals surface area contributed by atoms with E-state index in [1.807, 2.05) is 36.4 Å². The quantitative estimate of drug-likeness (QED) is 0.795. The molecule has 0 fully saturated rings. The molecule has 2 aromatic rings. The lowest BCUT2D eigenvalue weighted by Crippen LogP contribution is -2.11. The molecule has 0 aliphatic carbocycles. The van der Waals surface area contributed by atoms with E-state index in [0.29, 0.717) is 30.5 Å². The summed E-state index contributed by atoms with van der Waals surface area (Å²) in [5.41, 5.74) is 6.48. The first kappa shape index (κ1) is 15.2. The fraction of sp³-hybridized carbons (Fsp3) is 0.200. The number of halogens is 2. The standard InChI is InChI=1S/C15H15BrClNO2/c16-11-3-1-4-12(9-11)19-7-8-20-15-6-2-5-14(17)13(15)10-18/h1-6,9H,7-8,10,18H2. The maximum Gasteiger partial charge on any atom is 0.125 e. The lowest BCUT2D eigenvalue weighted by Gasteiger charge is -2.12. The van der Waals surface area contributed by atoms with E-state index in [0.717, 1.165) is 15.8 Å². The van der Waals surface area contributed by atoms with Crippen molar-refractivity contribution in [3.05, 3.63) is 57.5 Å². The maximum atomic E-state index is 6.06. The van der Waals surface area contributed by atoms with Gasteiger partial charge in [0.15, 0.2) is 0 Å². The average molecular weight is 357 g/mol. The summed E-state index contributed by atoms with van der Waals surface area (Å²) in [6, 6.07) is 13.2. The van der Waals surface area contributed by atoms with Crippen molar-refractivity contribution in [3.8, 4) is 11.5 Å². The number of hydrogen-bond donors (Lipinski definition) is 1. The topological polar surface area (TPSA) is 44.5 Å². The summed E-state index contributed by atoms with van der Waals surface area (Å²) >= 11 is 9.45. The van der Waals surface area contributed by atoms with Gasteiger partial charge < -0.3 is 15.2 Å². The minimum atomic E-state index is 0.349. The van der Waals surface area contributed by atoms with Gasteiger partial charge in [-0.3, -0.25) is 0 Å². The van der Waals surface area contributed by atoms with Crippen molar-refractivity contribution in [1.29, 1.82) is 0 Å². The molecule has 0 saturated heterocycles. The molecule has 0 heterocycles. The highest BCUT2D eigenvalue weighted by molar-refractivity contribution is 9.10. The fourth-order valence-corrected chi connectivity index (χ4v) is 2.36. The van der Waals surface area contributed by atoms with Crippen LogP contribution in [0.4, 0.5) is 0 Å². The second-order valence-corrected chi connectivity index (χ2v) is 5.40. The van der Waals surface area contributed by atoms with Gasteiger partial charge in [-0.1, -0.05) is 39.7 Å². The van der Waals surface area contributed by atoms with Crippen LogP contribution in [-0.2, 0) is 6.54 Å². The molecule has 0 aliphatic rings. The summed E-state index contributed by atoms with van der Waals surface area (Å²) in [6.07, 6.45) is 0. The highest BCUT2D eigenvalue weighted by Crippen LogP contribution is 2.25. The third-order valence-electron chi connectivity index (χ3n) is 2.69. The van der Waals surface area contributed by atoms with Crippen molar-refractivity contribution in [2.45, 2.75) is 6.54 Å². The van der Waals surface area contributed by atoms with Crippen LogP contribution in [0.25, 0.3) is 0 Å². The number of hydrogen-bond acceptors (Lipinski definition) is 3. The van der Waals surface area contributed by atoms with Crippen molar-refractivity contribution >= 4 is 27.5 Å². The number of ether oxygens (including phenoxy) is 2. The molecule has 0 radical (unpaired) electrons. The maximum absolute atomic E-state index is 6.06. The van der Waals surface area contributed by atoms with Gasteiger partial charge in [-0.25, -0.2) is 0 Å². The minimum Gasteiger partial charge on any atom is -0.490 e. The van der Waals surface area contributed by atoms with Gasteiger partial charge in [0.25, 0.3) is 0 Å². The Labute approximate surface area is 131 Å². The molecule has 106 valence electrons. The van der Waals surface area contributed by atoms with Gasteiger partial charge in [0.2, 0.25) is 0 Å². The van der Waals surface area contributed by atoms with Gasteiger partial charge in [0.1, 0.15) is 24.7 Å². The molecule has 0 aliphatic heterocycles. The van der Waals surface area contributed by atoms with E-state index in [9.17, 15) is 0 Å². The molecule has 2 rings (SSSR count). The van der Waals surface area contributed by atoms with Crippen LogP contribution in [0.3, 0.4) is 0 Å². The number of rotatable bonds is 6. The van der Waals surface area contributed by atoms with Gasteiger partial charge in [0, 0.05) is 21.6 Å². The lowest BCUT2D eigenvalue weighted by molar-refractivity contribution is 0.216. The van der Waals surface area contributed by atoms with E-state index >= 15 is 0 Å². The van der Waals surface area contributed by atoms with E-state index in [4.69, 9.17) is 26.8 Å². The minimum absolute atomic E-state index is 0.349. The van der Waals surface area contributed by atoms with Crippen molar-refractivity contribution in [2.24, 2.45) is 5.73 Å². The molecular formula is C15H15BrClNO2. The first-order chi connectivity index (χ1) is 9.70. The van der Waals surface area contributed by atoms with Crippen molar-refractivity contribution < 1.29 is 9.47 Å². The first-order valence-corrected chi connectivity index (χ1v) is 7.36. The lowest BCUT2D eigenvalue weighted by atomic mass is 10.2. The Morgan fingerprint density at radius 1 is 1.05 bits per heavy atom. The summed E-state index contributed by atoms with van der Waals surface area (Å²) in [5, 5.41) is 0.623. The van der Waals surface area contributed by atoms with Crippen LogP contribution in [-0.4, -0.2) is 13.2 Å². The second kappa shape index (κ2) is 7.53. The molecule has 20 heavy (non-hydrogen) atoms. The molecular weight excluding hydrogens is 342 g/mol. The molecule has 0 amide bonds. The molecule has 2 aromatic carbocycles. The molecule has 3 nitrogen and oxygen atoms in total. The number of benzene rings is 2. The van der Waals surface area contributed by atoms with Gasteiger partial charge in [0.05, 0.1) is 0 Å². The van der Waals surface area contributed by atoms with Crippen LogP contribution >= 0.6 is 27.5 Å². The highest BCUT2D eigenvalue weighted by atomic mass is 79.9. The summed E-state index contributed by atoms with van der Waals surface area (Å²) < 4.78 is 12.2. The van der Waals surface area contributed by atoms with Gasteiger partial charge >= 0.3 is 0 Å². The first-order valence-electron chi connectivity index (χ1n) is 6.19.